The quantitative estimate of drug-likeness (QED) is 0.349. The molecule has 1 aromatic carbocycles. The molecule has 0 radical (unpaired) electrons. The molecular weight excluding hydrogens is 405 g/mol. The van der Waals surface area contributed by atoms with Crippen LogP contribution < -0.4 is 16.4 Å². The number of carbonyl (C=O) groups is 1. The van der Waals surface area contributed by atoms with Crippen molar-refractivity contribution >= 4 is 29.7 Å². The van der Waals surface area contributed by atoms with Crippen LogP contribution in [0.1, 0.15) is 18.4 Å². The zero-order chi connectivity index (χ0) is 20.1. The van der Waals surface area contributed by atoms with E-state index in [2.05, 4.69) is 10.6 Å². The van der Waals surface area contributed by atoms with E-state index < -0.39 is 27.8 Å². The number of benzene rings is 1. The lowest BCUT2D eigenvalue weighted by atomic mass is 9.79. The molecule has 1 fully saturated rings. The number of alkyl halides is 3. The average molecular weight is 427 g/mol. The number of rotatable bonds is 7. The zero-order valence-corrected chi connectivity index (χ0v) is 15.7. The molecular formula is C16H22ClF3N4O4. The van der Waals surface area contributed by atoms with Gasteiger partial charge in [0.05, 0.1) is 15.9 Å². The van der Waals surface area contributed by atoms with E-state index in [9.17, 15) is 28.1 Å². The Morgan fingerprint density at radius 1 is 1.29 bits per heavy atom. The zero-order valence-electron chi connectivity index (χ0n) is 14.9. The minimum absolute atomic E-state index is 0. The number of hydrogen-bond acceptors (Lipinski definition) is 6. The third-order valence-corrected chi connectivity index (χ3v) is 4.57. The van der Waals surface area contributed by atoms with E-state index in [4.69, 9.17) is 10.5 Å². The van der Waals surface area contributed by atoms with Gasteiger partial charge in [0.25, 0.3) is 5.69 Å². The Kier molecular flexibility index (Phi) is 8.46. The average Bonchev–Trinajstić information content (AvgIpc) is 2.64. The maximum absolute atomic E-state index is 12.7. The highest BCUT2D eigenvalue weighted by Crippen LogP contribution is 2.35. The van der Waals surface area contributed by atoms with Crippen LogP contribution in [0.25, 0.3) is 0 Å². The molecule has 0 spiro atoms. The van der Waals surface area contributed by atoms with Gasteiger partial charge in [-0.15, -0.1) is 12.4 Å². The van der Waals surface area contributed by atoms with Gasteiger partial charge >= 0.3 is 6.18 Å². The minimum atomic E-state index is -4.67. The van der Waals surface area contributed by atoms with Gasteiger partial charge in [0.2, 0.25) is 5.91 Å². The number of halogens is 4. The van der Waals surface area contributed by atoms with Crippen LogP contribution >= 0.6 is 12.4 Å². The number of carbonyl (C=O) groups excluding carboxylic acids is 1. The number of amides is 1. The summed E-state index contributed by atoms with van der Waals surface area (Å²) in [5, 5.41) is 16.4. The summed E-state index contributed by atoms with van der Waals surface area (Å²) < 4.78 is 43.3. The molecule has 12 heteroatoms. The molecule has 158 valence electrons. The van der Waals surface area contributed by atoms with Gasteiger partial charge in [-0.2, -0.15) is 13.2 Å². The standard InChI is InChI=1S/C16H21F3N4O4.ClH/c17-16(18,19)11-1-2-12(13(9-11)23(25)26)21-5-6-22-14(24)15(10-20)3-7-27-8-4-15;/h1-2,9,21H,3-8,10,20H2,(H,22,24);1H. The summed E-state index contributed by atoms with van der Waals surface area (Å²) in [4.78, 5) is 22.5. The minimum Gasteiger partial charge on any atom is -0.381 e. The molecule has 8 nitrogen and oxygen atoms in total. The van der Waals surface area contributed by atoms with E-state index in [0.717, 1.165) is 12.1 Å². The van der Waals surface area contributed by atoms with E-state index in [-0.39, 0.29) is 43.6 Å². The molecule has 0 atom stereocenters. The van der Waals surface area contributed by atoms with E-state index in [0.29, 0.717) is 32.1 Å². The van der Waals surface area contributed by atoms with Gasteiger partial charge in [-0.25, -0.2) is 0 Å². The summed E-state index contributed by atoms with van der Waals surface area (Å²) in [6.45, 7) is 1.32. The van der Waals surface area contributed by atoms with E-state index in [1.165, 1.54) is 0 Å². The van der Waals surface area contributed by atoms with E-state index in [1.807, 2.05) is 0 Å². The smallest absolute Gasteiger partial charge is 0.381 e. The largest absolute Gasteiger partial charge is 0.416 e. The SMILES string of the molecule is Cl.NCC1(C(=O)NCCNc2ccc(C(F)(F)F)cc2[N+](=O)[O-])CCOCC1. The van der Waals surface area contributed by atoms with Gasteiger partial charge in [-0.05, 0) is 25.0 Å². The third-order valence-electron chi connectivity index (χ3n) is 4.57. The predicted molar refractivity (Wildman–Crippen MR) is 98.4 cm³/mol. The first-order valence-corrected chi connectivity index (χ1v) is 8.35. The lowest BCUT2D eigenvalue weighted by Crippen LogP contribution is -2.50. The Balaban J connectivity index is 0.00000392. The molecule has 1 aliphatic rings. The molecule has 0 bridgehead atoms. The lowest BCUT2D eigenvalue weighted by molar-refractivity contribution is -0.384. The molecule has 0 unspecified atom stereocenters. The fourth-order valence-corrected chi connectivity index (χ4v) is 2.86. The topological polar surface area (TPSA) is 120 Å². The second-order valence-corrected chi connectivity index (χ2v) is 6.27. The van der Waals surface area contributed by atoms with Crippen molar-refractivity contribution in [3.63, 3.8) is 0 Å². The van der Waals surface area contributed by atoms with Gasteiger partial charge in [0, 0.05) is 38.9 Å². The first-order valence-electron chi connectivity index (χ1n) is 8.35. The summed E-state index contributed by atoms with van der Waals surface area (Å²) in [6.07, 6.45) is -3.65. The number of nitro benzene ring substituents is 1. The first-order chi connectivity index (χ1) is 12.7. The number of nitrogens with one attached hydrogen (secondary N) is 2. The van der Waals surface area contributed by atoms with Crippen LogP contribution in [0.4, 0.5) is 24.5 Å². The van der Waals surface area contributed by atoms with Crippen LogP contribution in [-0.2, 0) is 15.7 Å². The maximum Gasteiger partial charge on any atom is 0.416 e. The lowest BCUT2D eigenvalue weighted by Gasteiger charge is -2.34. The molecule has 28 heavy (non-hydrogen) atoms. The van der Waals surface area contributed by atoms with Crippen molar-refractivity contribution < 1.29 is 27.6 Å². The van der Waals surface area contributed by atoms with E-state index in [1.54, 1.807) is 0 Å². The molecule has 1 saturated heterocycles. The molecule has 4 N–H and O–H groups in total. The number of hydrogen-bond donors (Lipinski definition) is 3. The molecule has 1 amide bonds. The highest BCUT2D eigenvalue weighted by Gasteiger charge is 2.38. The Labute approximate surface area is 165 Å². The second-order valence-electron chi connectivity index (χ2n) is 6.27. The van der Waals surface area contributed by atoms with Gasteiger partial charge in [0.15, 0.2) is 0 Å². The number of nitro groups is 1. The number of ether oxygens (including phenoxy) is 1. The fraction of sp³-hybridized carbons (Fsp3) is 0.562. The van der Waals surface area contributed by atoms with Crippen LogP contribution in [0.3, 0.4) is 0 Å². The van der Waals surface area contributed by atoms with Crippen molar-refractivity contribution in [1.29, 1.82) is 0 Å². The van der Waals surface area contributed by atoms with Crippen molar-refractivity contribution in [3.05, 3.63) is 33.9 Å². The number of nitrogens with two attached hydrogens (primary N) is 1. The summed E-state index contributed by atoms with van der Waals surface area (Å²) in [5.41, 5.74) is 3.21. The summed E-state index contributed by atoms with van der Waals surface area (Å²) in [6, 6.07) is 2.24. The van der Waals surface area contributed by atoms with Crippen LogP contribution in [0.2, 0.25) is 0 Å². The first kappa shape index (κ1) is 23.9. The summed E-state index contributed by atoms with van der Waals surface area (Å²) >= 11 is 0. The van der Waals surface area contributed by atoms with Crippen LogP contribution in [0, 0.1) is 15.5 Å². The van der Waals surface area contributed by atoms with Crippen molar-refractivity contribution in [2.45, 2.75) is 19.0 Å². The molecule has 1 heterocycles. The van der Waals surface area contributed by atoms with Crippen molar-refractivity contribution in [3.8, 4) is 0 Å². The molecule has 0 aliphatic carbocycles. The van der Waals surface area contributed by atoms with Crippen LogP contribution in [0.5, 0.6) is 0 Å². The molecule has 1 aromatic rings. The molecule has 0 aromatic heterocycles. The Morgan fingerprint density at radius 2 is 1.93 bits per heavy atom. The van der Waals surface area contributed by atoms with Crippen molar-refractivity contribution in [2.24, 2.45) is 11.1 Å². The Bertz CT molecular complexity index is 697. The Morgan fingerprint density at radius 3 is 2.46 bits per heavy atom. The molecule has 2 rings (SSSR count). The van der Waals surface area contributed by atoms with Gasteiger partial charge in [-0.3, -0.25) is 14.9 Å². The number of nitrogens with zero attached hydrogens (tertiary/aromatic N) is 1. The Hall–Kier alpha value is -2.11. The normalized spacial score (nSPS) is 16.0. The van der Waals surface area contributed by atoms with Crippen LogP contribution in [0.15, 0.2) is 18.2 Å². The second kappa shape index (κ2) is 9.89. The molecule has 0 saturated carbocycles. The fourth-order valence-electron chi connectivity index (χ4n) is 2.86. The monoisotopic (exact) mass is 426 g/mol. The third kappa shape index (κ3) is 5.69. The van der Waals surface area contributed by atoms with Crippen LogP contribution in [-0.4, -0.2) is 43.7 Å². The maximum atomic E-state index is 12.7. The van der Waals surface area contributed by atoms with Gasteiger partial charge < -0.3 is 21.1 Å². The summed E-state index contributed by atoms with van der Waals surface area (Å²) in [7, 11) is 0. The summed E-state index contributed by atoms with van der Waals surface area (Å²) in [5.74, 6) is -0.225. The van der Waals surface area contributed by atoms with E-state index >= 15 is 0 Å². The van der Waals surface area contributed by atoms with Gasteiger partial charge in [-0.1, -0.05) is 0 Å². The number of anilines is 1. The van der Waals surface area contributed by atoms with Crippen molar-refractivity contribution in [2.75, 3.05) is 38.2 Å². The van der Waals surface area contributed by atoms with Crippen molar-refractivity contribution in [1.82, 2.24) is 5.32 Å². The molecule has 1 aliphatic heterocycles. The highest BCUT2D eigenvalue weighted by atomic mass is 35.5. The van der Waals surface area contributed by atoms with Gasteiger partial charge in [0.1, 0.15) is 5.69 Å². The highest BCUT2D eigenvalue weighted by molar-refractivity contribution is 5.85. The predicted octanol–water partition coefficient (Wildman–Crippen LogP) is 2.32.